The van der Waals surface area contributed by atoms with E-state index < -0.39 is 0 Å². The summed E-state index contributed by atoms with van der Waals surface area (Å²) < 4.78 is 0. The first-order valence-corrected chi connectivity index (χ1v) is 9.25. The number of nitrogens with one attached hydrogen (secondary N) is 1. The third kappa shape index (κ3) is 2.62. The number of hydrogen-bond donors (Lipinski definition) is 1. The molecule has 4 bridgehead atoms. The zero-order valence-corrected chi connectivity index (χ0v) is 13.4. The van der Waals surface area contributed by atoms with Crippen LogP contribution in [0.2, 0.25) is 0 Å². The Kier molecular flexibility index (Phi) is 3.72. The molecule has 1 aliphatic heterocycles. The van der Waals surface area contributed by atoms with E-state index in [1.807, 2.05) is 0 Å². The van der Waals surface area contributed by atoms with Crippen LogP contribution in [-0.4, -0.2) is 36.5 Å². The number of piperidine rings is 1. The second kappa shape index (κ2) is 5.57. The number of amides is 1. The van der Waals surface area contributed by atoms with Gasteiger partial charge in [0.25, 0.3) is 0 Å². The molecule has 5 aliphatic rings. The molecule has 0 aromatic carbocycles. The number of nitrogens with zero attached hydrogens (tertiary/aromatic N) is 1. The second-order valence-electron chi connectivity index (χ2n) is 8.20. The topological polar surface area (TPSA) is 32.3 Å². The molecule has 4 saturated carbocycles. The van der Waals surface area contributed by atoms with Crippen molar-refractivity contribution in [1.29, 1.82) is 0 Å². The molecule has 0 aromatic heterocycles. The molecule has 3 heteroatoms. The minimum atomic E-state index is 0.246. The van der Waals surface area contributed by atoms with Crippen LogP contribution in [0.3, 0.4) is 0 Å². The van der Waals surface area contributed by atoms with Crippen LogP contribution >= 0.6 is 0 Å². The van der Waals surface area contributed by atoms with E-state index in [1.165, 1.54) is 45.1 Å². The summed E-state index contributed by atoms with van der Waals surface area (Å²) in [7, 11) is 0. The van der Waals surface area contributed by atoms with E-state index in [2.05, 4.69) is 17.1 Å². The van der Waals surface area contributed by atoms with Crippen LogP contribution in [0.15, 0.2) is 0 Å². The van der Waals surface area contributed by atoms with Crippen LogP contribution in [-0.2, 0) is 4.79 Å². The van der Waals surface area contributed by atoms with Crippen LogP contribution < -0.4 is 5.32 Å². The first-order chi connectivity index (χ1) is 10.2. The summed E-state index contributed by atoms with van der Waals surface area (Å²) in [6.45, 7) is 5.45. The zero-order chi connectivity index (χ0) is 14.4. The lowest BCUT2D eigenvalue weighted by atomic mass is 9.54. The molecule has 4 aliphatic carbocycles. The molecule has 0 radical (unpaired) electrons. The fourth-order valence-corrected chi connectivity index (χ4v) is 6.00. The van der Waals surface area contributed by atoms with Crippen molar-refractivity contribution in [2.45, 2.75) is 57.9 Å². The lowest BCUT2D eigenvalue weighted by Crippen LogP contribution is -2.57. The predicted octanol–water partition coefficient (Wildman–Crippen LogP) is 2.66. The Hall–Kier alpha value is -0.570. The van der Waals surface area contributed by atoms with E-state index in [0.29, 0.717) is 11.9 Å². The summed E-state index contributed by atoms with van der Waals surface area (Å²) in [6, 6.07) is 0.516. The van der Waals surface area contributed by atoms with E-state index in [4.69, 9.17) is 0 Å². The Morgan fingerprint density at radius 2 is 1.76 bits per heavy atom. The number of carbonyl (C=O) groups excluding carboxylic acids is 1. The highest BCUT2D eigenvalue weighted by molar-refractivity contribution is 5.79. The minimum absolute atomic E-state index is 0.246. The van der Waals surface area contributed by atoms with Crippen molar-refractivity contribution < 1.29 is 4.79 Å². The van der Waals surface area contributed by atoms with Crippen LogP contribution in [0.4, 0.5) is 0 Å². The van der Waals surface area contributed by atoms with Gasteiger partial charge in [-0.2, -0.15) is 0 Å². The molecule has 1 saturated heterocycles. The maximum absolute atomic E-state index is 12.7. The van der Waals surface area contributed by atoms with E-state index in [9.17, 15) is 4.79 Å². The van der Waals surface area contributed by atoms with Gasteiger partial charge in [-0.3, -0.25) is 4.79 Å². The van der Waals surface area contributed by atoms with E-state index >= 15 is 0 Å². The third-order valence-corrected chi connectivity index (χ3v) is 6.86. The highest BCUT2D eigenvalue weighted by Gasteiger charge is 2.48. The van der Waals surface area contributed by atoms with Gasteiger partial charge < -0.3 is 10.2 Å². The summed E-state index contributed by atoms with van der Waals surface area (Å²) in [5.41, 5.74) is 0. The van der Waals surface area contributed by atoms with Crippen molar-refractivity contribution in [3.8, 4) is 0 Å². The van der Waals surface area contributed by atoms with Crippen LogP contribution in [0.5, 0.6) is 0 Å². The monoisotopic (exact) mass is 290 g/mol. The number of likely N-dealkylation sites (tertiary alicyclic amines) is 1. The van der Waals surface area contributed by atoms with Gasteiger partial charge in [0.15, 0.2) is 0 Å². The molecule has 5 fully saturated rings. The van der Waals surface area contributed by atoms with Gasteiger partial charge in [-0.15, -0.1) is 0 Å². The molecule has 0 aromatic rings. The Balaban J connectivity index is 1.38. The molecular formula is C18H30N2O. The highest BCUT2D eigenvalue weighted by Crippen LogP contribution is 2.53. The lowest BCUT2D eigenvalue weighted by molar-refractivity contribution is -0.130. The summed E-state index contributed by atoms with van der Waals surface area (Å²) in [5, 5.41) is 3.51. The van der Waals surface area contributed by atoms with Crippen molar-refractivity contribution in [3.05, 3.63) is 0 Å². The van der Waals surface area contributed by atoms with Gasteiger partial charge in [-0.05, 0) is 81.7 Å². The summed E-state index contributed by atoms with van der Waals surface area (Å²) in [5.74, 6) is 4.20. The van der Waals surface area contributed by atoms with Gasteiger partial charge in [0, 0.05) is 12.6 Å². The molecule has 1 N–H and O–H groups in total. The third-order valence-electron chi connectivity index (χ3n) is 6.86. The molecule has 21 heavy (non-hydrogen) atoms. The summed E-state index contributed by atoms with van der Waals surface area (Å²) in [6.07, 6.45) is 9.34. The Bertz CT molecular complexity index is 380. The number of hydrogen-bond acceptors (Lipinski definition) is 2. The van der Waals surface area contributed by atoms with Gasteiger partial charge in [-0.1, -0.05) is 6.92 Å². The number of rotatable bonds is 3. The molecule has 1 atom stereocenters. The molecule has 0 unspecified atom stereocenters. The predicted molar refractivity (Wildman–Crippen MR) is 83.8 cm³/mol. The molecule has 3 nitrogen and oxygen atoms in total. The minimum Gasteiger partial charge on any atom is -0.353 e. The fourth-order valence-electron chi connectivity index (χ4n) is 6.00. The van der Waals surface area contributed by atoms with Crippen molar-refractivity contribution in [1.82, 2.24) is 10.2 Å². The van der Waals surface area contributed by atoms with Gasteiger partial charge >= 0.3 is 0 Å². The molecule has 1 amide bonds. The van der Waals surface area contributed by atoms with Gasteiger partial charge in [0.05, 0.1) is 5.92 Å². The molecule has 118 valence electrons. The largest absolute Gasteiger partial charge is 0.353 e. The molecule has 1 heterocycles. The van der Waals surface area contributed by atoms with Gasteiger partial charge in [0.2, 0.25) is 5.91 Å². The van der Waals surface area contributed by atoms with Crippen molar-refractivity contribution >= 4 is 5.91 Å². The maximum atomic E-state index is 12.7. The van der Waals surface area contributed by atoms with Crippen LogP contribution in [0.25, 0.3) is 0 Å². The Morgan fingerprint density at radius 3 is 2.38 bits per heavy atom. The molecular weight excluding hydrogens is 260 g/mol. The van der Waals surface area contributed by atoms with Crippen LogP contribution in [0.1, 0.15) is 51.9 Å². The van der Waals surface area contributed by atoms with Crippen molar-refractivity contribution in [3.63, 3.8) is 0 Å². The molecule has 5 rings (SSSR count). The summed E-state index contributed by atoms with van der Waals surface area (Å²) >= 11 is 0. The second-order valence-corrected chi connectivity index (χ2v) is 8.20. The number of carbonyl (C=O) groups is 1. The maximum Gasteiger partial charge on any atom is 0.224 e. The van der Waals surface area contributed by atoms with E-state index in [-0.39, 0.29) is 5.92 Å². The van der Waals surface area contributed by atoms with Gasteiger partial charge in [0.1, 0.15) is 0 Å². The lowest BCUT2D eigenvalue weighted by Gasteiger charge is -2.54. The van der Waals surface area contributed by atoms with E-state index in [1.54, 1.807) is 0 Å². The average molecular weight is 290 g/mol. The quantitative estimate of drug-likeness (QED) is 0.866. The van der Waals surface area contributed by atoms with Crippen molar-refractivity contribution in [2.24, 2.45) is 29.6 Å². The summed E-state index contributed by atoms with van der Waals surface area (Å²) in [4.78, 5) is 15.1. The SMILES string of the molecule is CCN1CCC[C@H](C(=O)NC2C3CC4CC(C3)CC2C4)C1. The zero-order valence-electron chi connectivity index (χ0n) is 13.4. The molecule has 0 spiro atoms. The highest BCUT2D eigenvalue weighted by atomic mass is 16.2. The average Bonchev–Trinajstić information content (AvgIpc) is 2.50. The fraction of sp³-hybridized carbons (Fsp3) is 0.944. The normalized spacial score (nSPS) is 45.8. The van der Waals surface area contributed by atoms with Crippen molar-refractivity contribution in [2.75, 3.05) is 19.6 Å². The smallest absolute Gasteiger partial charge is 0.224 e. The Labute approximate surface area is 128 Å². The first kappa shape index (κ1) is 14.0. The van der Waals surface area contributed by atoms with Crippen LogP contribution in [0, 0.1) is 29.6 Å². The van der Waals surface area contributed by atoms with Gasteiger partial charge in [-0.25, -0.2) is 0 Å². The Morgan fingerprint density at radius 1 is 1.10 bits per heavy atom. The standard InChI is InChI=1S/C18H30N2O/c1-2-20-5-3-4-14(11-20)18(21)19-17-15-7-12-6-13(9-15)10-16(17)8-12/h12-17H,2-11H2,1H3,(H,19,21)/t12?,13?,14-,15?,16?,17?/m0/s1. The first-order valence-electron chi connectivity index (χ1n) is 9.25. The van der Waals surface area contributed by atoms with E-state index in [0.717, 1.165) is 43.2 Å².